The van der Waals surface area contributed by atoms with Crippen molar-refractivity contribution in [2.24, 2.45) is 0 Å². The van der Waals surface area contributed by atoms with Crippen molar-refractivity contribution >= 4 is 22.6 Å². The zero-order chi connectivity index (χ0) is 20.5. The maximum absolute atomic E-state index is 12.3. The van der Waals surface area contributed by atoms with Gasteiger partial charge in [-0.2, -0.15) is 0 Å². The van der Waals surface area contributed by atoms with E-state index in [1.54, 1.807) is 18.2 Å². The Morgan fingerprint density at radius 1 is 1.14 bits per heavy atom. The number of anilines is 1. The van der Waals surface area contributed by atoms with Gasteiger partial charge >= 0.3 is 11.4 Å². The van der Waals surface area contributed by atoms with Crippen LogP contribution in [0.4, 0.5) is 5.69 Å². The van der Waals surface area contributed by atoms with Crippen LogP contribution < -0.4 is 16.7 Å². The van der Waals surface area contributed by atoms with Gasteiger partial charge in [0.25, 0.3) is 0 Å². The van der Waals surface area contributed by atoms with Crippen LogP contribution in [0.25, 0.3) is 22.4 Å². The summed E-state index contributed by atoms with van der Waals surface area (Å²) in [6, 6.07) is 13.8. The van der Waals surface area contributed by atoms with Crippen LogP contribution in [-0.2, 0) is 11.3 Å². The van der Waals surface area contributed by atoms with Gasteiger partial charge in [0, 0.05) is 35.7 Å². The Hall–Kier alpha value is -3.94. The molecule has 8 heteroatoms. The lowest BCUT2D eigenvalue weighted by Gasteiger charge is -2.10. The zero-order valence-corrected chi connectivity index (χ0v) is 15.8. The van der Waals surface area contributed by atoms with E-state index in [4.69, 9.17) is 8.94 Å². The number of carbonyl (C=O) groups is 1. The highest BCUT2D eigenvalue weighted by molar-refractivity contribution is 5.92. The molecule has 29 heavy (non-hydrogen) atoms. The first-order valence-corrected chi connectivity index (χ1v) is 8.89. The number of nitrogens with one attached hydrogen (secondary N) is 1. The Labute approximate surface area is 164 Å². The third kappa shape index (κ3) is 3.60. The Morgan fingerprint density at radius 3 is 2.69 bits per heavy atom. The summed E-state index contributed by atoms with van der Waals surface area (Å²) < 4.78 is 11.5. The molecule has 0 bridgehead atoms. The van der Waals surface area contributed by atoms with Crippen LogP contribution in [0.1, 0.15) is 18.1 Å². The van der Waals surface area contributed by atoms with E-state index in [-0.39, 0.29) is 12.5 Å². The van der Waals surface area contributed by atoms with Crippen LogP contribution in [-0.4, -0.2) is 15.6 Å². The number of aryl methyl sites for hydroxylation is 1. The number of hydrogen-bond donors (Lipinski definition) is 1. The van der Waals surface area contributed by atoms with Gasteiger partial charge in [-0.1, -0.05) is 29.4 Å². The van der Waals surface area contributed by atoms with Gasteiger partial charge in [0.1, 0.15) is 5.58 Å². The summed E-state index contributed by atoms with van der Waals surface area (Å²) in [7, 11) is 0. The molecule has 0 saturated heterocycles. The van der Waals surface area contributed by atoms with Crippen molar-refractivity contribution in [2.75, 3.05) is 5.32 Å². The summed E-state index contributed by atoms with van der Waals surface area (Å²) in [6.45, 7) is 3.38. The lowest BCUT2D eigenvalue weighted by Crippen LogP contribution is -2.18. The molecule has 0 spiro atoms. The molecule has 1 N–H and O–H groups in total. The van der Waals surface area contributed by atoms with Crippen molar-refractivity contribution in [2.45, 2.75) is 20.4 Å². The number of nitrogens with zero attached hydrogens (tertiary/aromatic N) is 2. The molecule has 1 amide bonds. The molecular formula is C21H17N3O5. The van der Waals surface area contributed by atoms with E-state index >= 15 is 0 Å². The Balaban J connectivity index is 1.83. The summed E-state index contributed by atoms with van der Waals surface area (Å²) in [4.78, 5) is 35.7. The fraction of sp³-hybridized carbons (Fsp3) is 0.143. The van der Waals surface area contributed by atoms with E-state index in [1.165, 1.54) is 17.6 Å². The summed E-state index contributed by atoms with van der Waals surface area (Å²) in [5.74, 6) is -0.481. The van der Waals surface area contributed by atoms with Crippen LogP contribution in [0.3, 0.4) is 0 Å². The second-order valence-electron chi connectivity index (χ2n) is 6.66. The number of fused-ring (bicyclic) bond motifs is 1. The molecule has 0 fully saturated rings. The van der Waals surface area contributed by atoms with Crippen molar-refractivity contribution < 1.29 is 13.7 Å². The molecule has 2 aromatic heterocycles. The predicted octanol–water partition coefficient (Wildman–Crippen LogP) is 2.92. The maximum atomic E-state index is 12.3. The van der Waals surface area contributed by atoms with Gasteiger partial charge in [-0.05, 0) is 30.2 Å². The van der Waals surface area contributed by atoms with E-state index in [2.05, 4.69) is 10.5 Å². The molecule has 0 atom stereocenters. The van der Waals surface area contributed by atoms with Gasteiger partial charge in [0.05, 0.1) is 6.54 Å². The lowest BCUT2D eigenvalue weighted by molar-refractivity contribution is -0.114. The van der Waals surface area contributed by atoms with Crippen molar-refractivity contribution in [1.29, 1.82) is 0 Å². The van der Waals surface area contributed by atoms with E-state index in [1.807, 2.05) is 31.2 Å². The minimum Gasteiger partial charge on any atom is -0.423 e. The third-order valence-electron chi connectivity index (χ3n) is 4.55. The summed E-state index contributed by atoms with van der Waals surface area (Å²) >= 11 is 0. The first-order chi connectivity index (χ1) is 13.9. The highest BCUT2D eigenvalue weighted by Crippen LogP contribution is 2.24. The van der Waals surface area contributed by atoms with Crippen molar-refractivity contribution in [3.8, 4) is 11.4 Å². The maximum Gasteiger partial charge on any atom is 0.442 e. The summed E-state index contributed by atoms with van der Waals surface area (Å²) in [5.41, 5.74) is 2.53. The van der Waals surface area contributed by atoms with Crippen LogP contribution in [0.15, 0.2) is 67.1 Å². The van der Waals surface area contributed by atoms with Crippen LogP contribution in [0, 0.1) is 6.92 Å². The van der Waals surface area contributed by atoms with Crippen LogP contribution in [0.2, 0.25) is 0 Å². The molecular weight excluding hydrogens is 374 g/mol. The number of amides is 1. The Morgan fingerprint density at radius 2 is 1.93 bits per heavy atom. The molecule has 2 aromatic carbocycles. The van der Waals surface area contributed by atoms with Gasteiger partial charge in [0.2, 0.25) is 5.91 Å². The topological polar surface area (TPSA) is 107 Å². The van der Waals surface area contributed by atoms with E-state index in [0.717, 1.165) is 11.1 Å². The second kappa shape index (κ2) is 7.23. The normalized spacial score (nSPS) is 11.0. The van der Waals surface area contributed by atoms with E-state index in [9.17, 15) is 14.4 Å². The standard InChI is InChI=1S/C21H17N3O5/c1-12-5-3-4-6-16(12)20-23-29-21(27)24(20)11-14-9-19(26)28-18-10-15(22-13(2)25)7-8-17(14)18/h3-10H,11H2,1-2H3,(H,22,25). The molecule has 4 rings (SSSR count). The molecule has 0 aliphatic rings. The number of hydrogen-bond acceptors (Lipinski definition) is 6. The molecule has 0 unspecified atom stereocenters. The van der Waals surface area contributed by atoms with Crippen molar-refractivity contribution in [1.82, 2.24) is 9.72 Å². The van der Waals surface area contributed by atoms with Crippen LogP contribution in [0.5, 0.6) is 0 Å². The molecule has 0 aliphatic carbocycles. The third-order valence-corrected chi connectivity index (χ3v) is 4.55. The van der Waals surface area contributed by atoms with Gasteiger partial charge in [-0.25, -0.2) is 9.59 Å². The quantitative estimate of drug-likeness (QED) is 0.536. The minimum absolute atomic E-state index is 0.0770. The number of benzene rings is 2. The molecule has 0 aliphatic heterocycles. The monoisotopic (exact) mass is 391 g/mol. The first-order valence-electron chi connectivity index (χ1n) is 8.89. The first kappa shape index (κ1) is 18.4. The number of carbonyl (C=O) groups excluding carboxylic acids is 1. The molecule has 8 nitrogen and oxygen atoms in total. The molecule has 2 heterocycles. The molecule has 0 radical (unpaired) electrons. The second-order valence-corrected chi connectivity index (χ2v) is 6.66. The zero-order valence-electron chi connectivity index (χ0n) is 15.8. The Bertz CT molecular complexity index is 1350. The number of aromatic nitrogens is 2. The van der Waals surface area contributed by atoms with E-state index in [0.29, 0.717) is 28.0 Å². The fourth-order valence-electron chi connectivity index (χ4n) is 3.24. The van der Waals surface area contributed by atoms with E-state index < -0.39 is 11.4 Å². The average Bonchev–Trinajstić information content (AvgIpc) is 3.01. The Kier molecular flexibility index (Phi) is 4.59. The van der Waals surface area contributed by atoms with Gasteiger partial charge < -0.3 is 9.73 Å². The summed E-state index contributed by atoms with van der Waals surface area (Å²) in [5, 5.41) is 7.21. The van der Waals surface area contributed by atoms with Gasteiger partial charge in [-0.3, -0.25) is 13.9 Å². The highest BCUT2D eigenvalue weighted by atomic mass is 16.5. The molecule has 146 valence electrons. The summed E-state index contributed by atoms with van der Waals surface area (Å²) in [6.07, 6.45) is 0. The van der Waals surface area contributed by atoms with Gasteiger partial charge in [-0.15, -0.1) is 0 Å². The highest BCUT2D eigenvalue weighted by Gasteiger charge is 2.17. The minimum atomic E-state index is -0.625. The smallest absolute Gasteiger partial charge is 0.423 e. The fourth-order valence-corrected chi connectivity index (χ4v) is 3.24. The molecule has 4 aromatic rings. The largest absolute Gasteiger partial charge is 0.442 e. The van der Waals surface area contributed by atoms with Crippen LogP contribution >= 0.6 is 0 Å². The SMILES string of the molecule is CC(=O)Nc1ccc2c(Cn3c(-c4ccccc4C)noc3=O)cc(=O)oc2c1. The van der Waals surface area contributed by atoms with Gasteiger partial charge in [0.15, 0.2) is 5.82 Å². The molecule has 0 saturated carbocycles. The predicted molar refractivity (Wildman–Crippen MR) is 107 cm³/mol. The average molecular weight is 391 g/mol. The number of rotatable bonds is 4. The lowest BCUT2D eigenvalue weighted by atomic mass is 10.1. The van der Waals surface area contributed by atoms with Crippen molar-refractivity contribution in [3.05, 3.63) is 80.6 Å². The van der Waals surface area contributed by atoms with Crippen molar-refractivity contribution in [3.63, 3.8) is 0 Å².